The third-order valence-electron chi connectivity index (χ3n) is 2.30. The van der Waals surface area contributed by atoms with Crippen LogP contribution < -0.4 is 5.32 Å². The van der Waals surface area contributed by atoms with E-state index in [0.29, 0.717) is 10.9 Å². The van der Waals surface area contributed by atoms with E-state index in [1.165, 1.54) is 18.1 Å². The van der Waals surface area contributed by atoms with E-state index in [1.807, 2.05) is 26.0 Å². The molecule has 2 heterocycles. The third-order valence-corrected chi connectivity index (χ3v) is 3.17. The topological polar surface area (TPSA) is 83.8 Å². The highest BCUT2D eigenvalue weighted by Crippen LogP contribution is 2.16. The van der Waals surface area contributed by atoms with Gasteiger partial charge in [-0.25, -0.2) is 4.98 Å². The van der Waals surface area contributed by atoms with Crippen molar-refractivity contribution in [2.45, 2.75) is 25.0 Å². The minimum absolute atomic E-state index is 0.0713. The Morgan fingerprint density at radius 3 is 3.06 bits per heavy atom. The Balaban J connectivity index is 1.80. The van der Waals surface area contributed by atoms with Crippen LogP contribution in [0.5, 0.6) is 0 Å². The van der Waals surface area contributed by atoms with Gasteiger partial charge in [-0.3, -0.25) is 9.89 Å². The Hall–Kier alpha value is -1.76. The standard InChI is InChI=1S/C11H14N4O2S/c1-7-3-4-9(17-7)8(2)14-10(16)5-18-11-12-6-13-15-11/h3-4,6,8H,5H2,1-2H3,(H,14,16)(H,12,13,15)/t8-/m1/s1. The summed E-state index contributed by atoms with van der Waals surface area (Å²) in [4.78, 5) is 15.6. The van der Waals surface area contributed by atoms with Crippen molar-refractivity contribution in [2.24, 2.45) is 0 Å². The second kappa shape index (κ2) is 5.72. The number of hydrogen-bond donors (Lipinski definition) is 2. The van der Waals surface area contributed by atoms with E-state index < -0.39 is 0 Å². The molecule has 0 fully saturated rings. The lowest BCUT2D eigenvalue weighted by Crippen LogP contribution is -2.27. The summed E-state index contributed by atoms with van der Waals surface area (Å²) in [5.74, 6) is 1.81. The number of H-pyrrole nitrogens is 1. The number of furan rings is 1. The molecule has 0 saturated carbocycles. The summed E-state index contributed by atoms with van der Waals surface area (Å²) in [6, 6.07) is 3.60. The van der Waals surface area contributed by atoms with Gasteiger partial charge in [0, 0.05) is 0 Å². The molecule has 7 heteroatoms. The van der Waals surface area contributed by atoms with E-state index in [0.717, 1.165) is 11.5 Å². The van der Waals surface area contributed by atoms with Gasteiger partial charge in [0.25, 0.3) is 0 Å². The highest BCUT2D eigenvalue weighted by Gasteiger charge is 2.13. The second-order valence-electron chi connectivity index (χ2n) is 3.82. The Bertz CT molecular complexity index is 509. The summed E-state index contributed by atoms with van der Waals surface area (Å²) in [5, 5.41) is 9.88. The number of thioether (sulfide) groups is 1. The Morgan fingerprint density at radius 1 is 1.61 bits per heavy atom. The maximum Gasteiger partial charge on any atom is 0.231 e. The fraction of sp³-hybridized carbons (Fsp3) is 0.364. The van der Waals surface area contributed by atoms with Crippen LogP contribution in [0.2, 0.25) is 0 Å². The second-order valence-corrected chi connectivity index (χ2v) is 4.78. The van der Waals surface area contributed by atoms with Crippen molar-refractivity contribution in [3.8, 4) is 0 Å². The van der Waals surface area contributed by atoms with Crippen LogP contribution in [0.25, 0.3) is 0 Å². The number of hydrogen-bond acceptors (Lipinski definition) is 5. The van der Waals surface area contributed by atoms with Crippen molar-refractivity contribution in [1.29, 1.82) is 0 Å². The number of nitrogens with zero attached hydrogens (tertiary/aromatic N) is 2. The molecule has 2 aromatic rings. The van der Waals surface area contributed by atoms with Gasteiger partial charge >= 0.3 is 0 Å². The lowest BCUT2D eigenvalue weighted by molar-refractivity contribution is -0.119. The maximum absolute atomic E-state index is 11.7. The van der Waals surface area contributed by atoms with Gasteiger partial charge in [0.1, 0.15) is 17.8 Å². The van der Waals surface area contributed by atoms with Gasteiger partial charge in [0.05, 0.1) is 11.8 Å². The molecule has 1 atom stereocenters. The zero-order chi connectivity index (χ0) is 13.0. The number of aryl methyl sites for hydroxylation is 1. The van der Waals surface area contributed by atoms with Crippen LogP contribution in [-0.2, 0) is 4.79 Å². The number of aromatic nitrogens is 3. The number of amides is 1. The fourth-order valence-corrected chi connectivity index (χ4v) is 2.03. The first kappa shape index (κ1) is 12.7. The van der Waals surface area contributed by atoms with Gasteiger partial charge in [-0.15, -0.1) is 0 Å². The molecule has 0 aliphatic heterocycles. The molecular weight excluding hydrogens is 252 g/mol. The first-order valence-corrected chi connectivity index (χ1v) is 6.47. The lowest BCUT2D eigenvalue weighted by Gasteiger charge is -2.10. The summed E-state index contributed by atoms with van der Waals surface area (Å²) in [7, 11) is 0. The highest BCUT2D eigenvalue weighted by atomic mass is 32.2. The fourth-order valence-electron chi connectivity index (χ4n) is 1.44. The Kier molecular flexibility index (Phi) is 4.03. The molecule has 0 aromatic carbocycles. The first-order chi connectivity index (χ1) is 8.65. The minimum Gasteiger partial charge on any atom is -0.464 e. The van der Waals surface area contributed by atoms with E-state index >= 15 is 0 Å². The molecule has 1 amide bonds. The zero-order valence-electron chi connectivity index (χ0n) is 10.1. The number of carbonyl (C=O) groups is 1. The molecule has 0 bridgehead atoms. The van der Waals surface area contributed by atoms with Crippen LogP contribution in [0.4, 0.5) is 0 Å². The number of rotatable bonds is 5. The van der Waals surface area contributed by atoms with E-state index in [4.69, 9.17) is 4.42 Å². The van der Waals surface area contributed by atoms with Crippen LogP contribution in [0, 0.1) is 6.92 Å². The number of carbonyl (C=O) groups excluding carboxylic acids is 1. The molecule has 0 aliphatic rings. The zero-order valence-corrected chi connectivity index (χ0v) is 11.0. The predicted octanol–water partition coefficient (Wildman–Crippen LogP) is 1.68. The highest BCUT2D eigenvalue weighted by molar-refractivity contribution is 7.99. The molecule has 0 radical (unpaired) electrons. The summed E-state index contributed by atoms with van der Waals surface area (Å²) < 4.78 is 5.45. The smallest absolute Gasteiger partial charge is 0.231 e. The van der Waals surface area contributed by atoms with E-state index in [2.05, 4.69) is 20.5 Å². The average Bonchev–Trinajstić information content (AvgIpc) is 2.97. The number of aromatic amines is 1. The van der Waals surface area contributed by atoms with Crippen LogP contribution in [0.3, 0.4) is 0 Å². The maximum atomic E-state index is 11.7. The molecule has 18 heavy (non-hydrogen) atoms. The minimum atomic E-state index is -0.137. The van der Waals surface area contributed by atoms with Crippen LogP contribution in [0.15, 0.2) is 28.0 Å². The Labute approximate surface area is 109 Å². The first-order valence-electron chi connectivity index (χ1n) is 5.49. The molecule has 0 spiro atoms. The van der Waals surface area contributed by atoms with Crippen molar-refractivity contribution in [3.05, 3.63) is 30.0 Å². The van der Waals surface area contributed by atoms with Crippen LogP contribution in [-0.4, -0.2) is 26.8 Å². The summed E-state index contributed by atoms with van der Waals surface area (Å²) >= 11 is 1.31. The monoisotopic (exact) mass is 266 g/mol. The summed E-state index contributed by atoms with van der Waals surface area (Å²) in [6.45, 7) is 3.76. The van der Waals surface area contributed by atoms with Crippen molar-refractivity contribution in [2.75, 3.05) is 5.75 Å². The average molecular weight is 266 g/mol. The van der Waals surface area contributed by atoms with Crippen molar-refractivity contribution >= 4 is 17.7 Å². The van der Waals surface area contributed by atoms with Gasteiger partial charge < -0.3 is 9.73 Å². The molecule has 0 saturated heterocycles. The molecule has 2 aromatic heterocycles. The number of nitrogens with one attached hydrogen (secondary N) is 2. The van der Waals surface area contributed by atoms with Gasteiger partial charge in [-0.2, -0.15) is 5.10 Å². The molecule has 2 rings (SSSR count). The van der Waals surface area contributed by atoms with Gasteiger partial charge in [-0.1, -0.05) is 11.8 Å². The summed E-state index contributed by atoms with van der Waals surface area (Å²) in [6.07, 6.45) is 1.41. The molecule has 6 nitrogen and oxygen atoms in total. The molecular formula is C11H14N4O2S. The van der Waals surface area contributed by atoms with Crippen LogP contribution >= 0.6 is 11.8 Å². The van der Waals surface area contributed by atoms with Crippen molar-refractivity contribution in [1.82, 2.24) is 20.5 Å². The van der Waals surface area contributed by atoms with Gasteiger partial charge in [0.15, 0.2) is 5.16 Å². The van der Waals surface area contributed by atoms with E-state index in [1.54, 1.807) is 0 Å². The van der Waals surface area contributed by atoms with Crippen molar-refractivity contribution < 1.29 is 9.21 Å². The molecule has 0 aliphatic carbocycles. The third kappa shape index (κ3) is 3.36. The largest absolute Gasteiger partial charge is 0.464 e. The normalized spacial score (nSPS) is 12.3. The van der Waals surface area contributed by atoms with Crippen LogP contribution in [0.1, 0.15) is 24.5 Å². The van der Waals surface area contributed by atoms with Crippen molar-refractivity contribution in [3.63, 3.8) is 0 Å². The van der Waals surface area contributed by atoms with E-state index in [-0.39, 0.29) is 11.9 Å². The molecule has 96 valence electrons. The lowest BCUT2D eigenvalue weighted by atomic mass is 10.2. The van der Waals surface area contributed by atoms with Gasteiger partial charge in [0.2, 0.25) is 5.91 Å². The molecule has 2 N–H and O–H groups in total. The molecule has 0 unspecified atom stereocenters. The predicted molar refractivity (Wildman–Crippen MR) is 67.1 cm³/mol. The van der Waals surface area contributed by atoms with E-state index in [9.17, 15) is 4.79 Å². The van der Waals surface area contributed by atoms with Gasteiger partial charge in [-0.05, 0) is 26.0 Å². The quantitative estimate of drug-likeness (QED) is 0.804. The Morgan fingerprint density at radius 2 is 2.44 bits per heavy atom. The summed E-state index contributed by atoms with van der Waals surface area (Å²) in [5.41, 5.74) is 0. The SMILES string of the molecule is Cc1ccc([C@@H](C)NC(=O)CSc2ncn[nH]2)o1.